The second-order valence-electron chi connectivity index (χ2n) is 5.51. The quantitative estimate of drug-likeness (QED) is 0.634. The van der Waals surface area contributed by atoms with Gasteiger partial charge in [0.25, 0.3) is 11.1 Å². The number of carbonyl (C=O) groups is 1. The Morgan fingerprint density at radius 2 is 1.96 bits per heavy atom. The molecule has 0 saturated carbocycles. The molecule has 0 fully saturated rings. The molecule has 130 valence electrons. The lowest BCUT2D eigenvalue weighted by Crippen LogP contribution is -2.16. The molecule has 1 amide bonds. The highest BCUT2D eigenvalue weighted by atomic mass is 32.2. The molecule has 0 atom stereocenters. The second kappa shape index (κ2) is 7.55. The van der Waals surface area contributed by atoms with E-state index in [4.69, 9.17) is 0 Å². The van der Waals surface area contributed by atoms with E-state index in [0.29, 0.717) is 5.56 Å². The molecule has 1 aromatic heterocycles. The minimum atomic E-state index is -3.61. The first-order valence-corrected chi connectivity index (χ1v) is 9.63. The summed E-state index contributed by atoms with van der Waals surface area (Å²) in [5.41, 5.74) is 1.65. The minimum Gasteiger partial charge on any atom is -0.296 e. The molecule has 25 heavy (non-hydrogen) atoms. The van der Waals surface area contributed by atoms with E-state index in [0.717, 1.165) is 17.1 Å². The summed E-state index contributed by atoms with van der Waals surface area (Å²) in [6, 6.07) is 9.14. The summed E-state index contributed by atoms with van der Waals surface area (Å²) in [7, 11) is -3.61. The van der Waals surface area contributed by atoms with Crippen LogP contribution in [0.2, 0.25) is 0 Å². The third-order valence-corrected chi connectivity index (χ3v) is 5.94. The van der Waals surface area contributed by atoms with Gasteiger partial charge in [-0.25, -0.2) is 8.42 Å². The Morgan fingerprint density at radius 1 is 1.32 bits per heavy atom. The van der Waals surface area contributed by atoms with E-state index < -0.39 is 21.0 Å². The first kappa shape index (κ1) is 18.8. The fourth-order valence-electron chi connectivity index (χ4n) is 1.73. The Kier molecular flexibility index (Phi) is 5.66. The zero-order valence-electron chi connectivity index (χ0n) is 13.8. The highest BCUT2D eigenvalue weighted by molar-refractivity contribution is 7.91. The SMILES string of the molecule is Cc1ccc(/C=C(/C#N)C(=O)Nc2nc(S(=O)(=O)C(C)C)ns2)cc1. The molecule has 1 aromatic carbocycles. The van der Waals surface area contributed by atoms with Gasteiger partial charge < -0.3 is 0 Å². The molecule has 1 N–H and O–H groups in total. The smallest absolute Gasteiger partial charge is 0.268 e. The molecular weight excluding hydrogens is 360 g/mol. The third-order valence-electron chi connectivity index (χ3n) is 3.26. The number of nitriles is 1. The summed E-state index contributed by atoms with van der Waals surface area (Å²) < 4.78 is 27.8. The number of benzene rings is 1. The van der Waals surface area contributed by atoms with Crippen LogP contribution < -0.4 is 5.32 Å². The first-order chi connectivity index (χ1) is 11.7. The summed E-state index contributed by atoms with van der Waals surface area (Å²) >= 11 is 0.749. The lowest BCUT2D eigenvalue weighted by molar-refractivity contribution is -0.112. The average Bonchev–Trinajstić information content (AvgIpc) is 3.03. The van der Waals surface area contributed by atoms with Gasteiger partial charge in [-0.2, -0.15) is 14.6 Å². The van der Waals surface area contributed by atoms with E-state index in [1.807, 2.05) is 25.1 Å². The van der Waals surface area contributed by atoms with E-state index in [1.165, 1.54) is 19.9 Å². The van der Waals surface area contributed by atoms with Gasteiger partial charge >= 0.3 is 0 Å². The number of hydrogen-bond donors (Lipinski definition) is 1. The Bertz CT molecular complexity index is 952. The molecule has 0 aliphatic rings. The van der Waals surface area contributed by atoms with Crippen LogP contribution in [0.25, 0.3) is 6.08 Å². The summed E-state index contributed by atoms with van der Waals surface area (Å²) in [4.78, 5) is 16.0. The van der Waals surface area contributed by atoms with Crippen LogP contribution in [-0.4, -0.2) is 28.9 Å². The number of hydrogen-bond acceptors (Lipinski definition) is 7. The van der Waals surface area contributed by atoms with Gasteiger partial charge in [-0.15, -0.1) is 0 Å². The fourth-order valence-corrected chi connectivity index (χ4v) is 3.43. The predicted molar refractivity (Wildman–Crippen MR) is 95.6 cm³/mol. The monoisotopic (exact) mass is 376 g/mol. The van der Waals surface area contributed by atoms with Crippen LogP contribution in [0.15, 0.2) is 35.0 Å². The summed E-state index contributed by atoms with van der Waals surface area (Å²) in [5.74, 6) is -0.673. The Morgan fingerprint density at radius 3 is 2.52 bits per heavy atom. The maximum absolute atomic E-state index is 12.2. The number of amides is 1. The normalized spacial score (nSPS) is 12.0. The molecule has 0 bridgehead atoms. The van der Waals surface area contributed by atoms with Gasteiger partial charge in [0.05, 0.1) is 5.25 Å². The number of aromatic nitrogens is 2. The molecule has 9 heteroatoms. The molecule has 0 aliphatic carbocycles. The summed E-state index contributed by atoms with van der Waals surface area (Å²) in [6.07, 6.45) is 1.45. The van der Waals surface area contributed by atoms with Gasteiger partial charge in [0.15, 0.2) is 0 Å². The molecule has 0 saturated heterocycles. The van der Waals surface area contributed by atoms with E-state index >= 15 is 0 Å². The predicted octanol–water partition coefficient (Wildman–Crippen LogP) is 2.57. The van der Waals surface area contributed by atoms with Crippen molar-refractivity contribution in [1.29, 1.82) is 5.26 Å². The van der Waals surface area contributed by atoms with Crippen LogP contribution in [0.1, 0.15) is 25.0 Å². The molecule has 0 aliphatic heterocycles. The Hall–Kier alpha value is -2.57. The second-order valence-corrected chi connectivity index (χ2v) is 8.66. The first-order valence-electron chi connectivity index (χ1n) is 7.31. The van der Waals surface area contributed by atoms with Crippen molar-refractivity contribution in [2.24, 2.45) is 0 Å². The maximum Gasteiger partial charge on any atom is 0.268 e. The molecular formula is C16H16N4O3S2. The number of anilines is 1. The molecule has 7 nitrogen and oxygen atoms in total. The standard InChI is InChI=1S/C16H16N4O3S2/c1-10(2)25(22,23)16-19-15(24-20-16)18-14(21)13(9-17)8-12-6-4-11(3)5-7-12/h4-8,10H,1-3H3,(H,18,19,20,21)/b13-8-. The molecule has 0 spiro atoms. The number of sulfone groups is 1. The van der Waals surface area contributed by atoms with Crippen molar-refractivity contribution in [3.63, 3.8) is 0 Å². The number of aryl methyl sites for hydroxylation is 1. The highest BCUT2D eigenvalue weighted by Gasteiger charge is 2.25. The maximum atomic E-state index is 12.2. The van der Waals surface area contributed by atoms with Crippen molar-refractivity contribution in [2.45, 2.75) is 31.2 Å². The number of carbonyl (C=O) groups excluding carboxylic acids is 1. The minimum absolute atomic E-state index is 0.0225. The van der Waals surface area contributed by atoms with Gasteiger partial charge in [0.1, 0.15) is 11.6 Å². The zero-order valence-corrected chi connectivity index (χ0v) is 15.5. The topological polar surface area (TPSA) is 113 Å². The van der Waals surface area contributed by atoms with E-state index in [1.54, 1.807) is 12.1 Å². The van der Waals surface area contributed by atoms with Crippen LogP contribution in [0.3, 0.4) is 0 Å². The van der Waals surface area contributed by atoms with Crippen LogP contribution in [-0.2, 0) is 14.6 Å². The fraction of sp³-hybridized carbons (Fsp3) is 0.250. The van der Waals surface area contributed by atoms with Crippen LogP contribution in [0.4, 0.5) is 5.13 Å². The van der Waals surface area contributed by atoms with Crippen molar-refractivity contribution >= 4 is 38.5 Å². The van der Waals surface area contributed by atoms with E-state index in [9.17, 15) is 18.5 Å². The van der Waals surface area contributed by atoms with Gasteiger partial charge in [0.2, 0.25) is 15.0 Å². The highest BCUT2D eigenvalue weighted by Crippen LogP contribution is 2.19. The zero-order chi connectivity index (χ0) is 18.6. The summed E-state index contributed by atoms with van der Waals surface area (Å²) in [6.45, 7) is 4.98. The van der Waals surface area contributed by atoms with Crippen LogP contribution >= 0.6 is 11.5 Å². The summed E-state index contributed by atoms with van der Waals surface area (Å²) in [5, 5.41) is 10.6. The van der Waals surface area contributed by atoms with Crippen molar-refractivity contribution in [2.75, 3.05) is 5.32 Å². The molecule has 0 unspecified atom stereocenters. The van der Waals surface area contributed by atoms with Crippen LogP contribution in [0, 0.1) is 18.3 Å². The molecule has 1 heterocycles. The van der Waals surface area contributed by atoms with Crippen molar-refractivity contribution in [1.82, 2.24) is 9.36 Å². The number of nitrogens with zero attached hydrogens (tertiary/aromatic N) is 3. The Balaban J connectivity index is 2.20. The van der Waals surface area contributed by atoms with Crippen molar-refractivity contribution in [3.05, 3.63) is 41.0 Å². The Labute approximate surface area is 150 Å². The lowest BCUT2D eigenvalue weighted by Gasteiger charge is -2.02. The van der Waals surface area contributed by atoms with Crippen molar-refractivity contribution < 1.29 is 13.2 Å². The van der Waals surface area contributed by atoms with Gasteiger partial charge in [-0.1, -0.05) is 29.8 Å². The largest absolute Gasteiger partial charge is 0.296 e. The number of rotatable bonds is 5. The van der Waals surface area contributed by atoms with Crippen LogP contribution in [0.5, 0.6) is 0 Å². The lowest BCUT2D eigenvalue weighted by atomic mass is 10.1. The van der Waals surface area contributed by atoms with E-state index in [2.05, 4.69) is 14.7 Å². The van der Waals surface area contributed by atoms with E-state index in [-0.39, 0.29) is 15.9 Å². The number of nitrogens with one attached hydrogen (secondary N) is 1. The average molecular weight is 376 g/mol. The third kappa shape index (κ3) is 4.49. The van der Waals surface area contributed by atoms with Crippen molar-refractivity contribution in [3.8, 4) is 6.07 Å². The van der Waals surface area contributed by atoms with Gasteiger partial charge in [-0.3, -0.25) is 10.1 Å². The molecule has 2 aromatic rings. The van der Waals surface area contributed by atoms with Gasteiger partial charge in [0, 0.05) is 11.5 Å². The molecule has 2 rings (SSSR count). The van der Waals surface area contributed by atoms with Gasteiger partial charge in [-0.05, 0) is 32.4 Å². The molecule has 0 radical (unpaired) electrons.